The summed E-state index contributed by atoms with van der Waals surface area (Å²) in [7, 11) is -3.90. The Bertz CT molecular complexity index is 586. The quantitative estimate of drug-likeness (QED) is 0.398. The van der Waals surface area contributed by atoms with Crippen LogP contribution in [0.3, 0.4) is 0 Å². The summed E-state index contributed by atoms with van der Waals surface area (Å²) < 4.78 is 26.6. The summed E-state index contributed by atoms with van der Waals surface area (Å²) in [6.45, 7) is 12.4. The third-order valence-electron chi connectivity index (χ3n) is 1.35. The average molecular weight is 380 g/mol. The van der Waals surface area contributed by atoms with E-state index in [1.807, 2.05) is 0 Å². The Labute approximate surface area is 144 Å². The Kier molecular flexibility index (Phi) is 20.7. The number of hydrogen-bond donors (Lipinski definition) is 4. The van der Waals surface area contributed by atoms with Gasteiger partial charge in [0.2, 0.25) is 0 Å². The highest BCUT2D eigenvalue weighted by molar-refractivity contribution is 7.88. The summed E-state index contributed by atoms with van der Waals surface area (Å²) in [5, 5.41) is 23.7. The first-order valence-corrected chi connectivity index (χ1v) is 7.36. The minimum absolute atomic E-state index is 0.0648. The molecule has 0 aromatic carbocycles. The van der Waals surface area contributed by atoms with Crippen molar-refractivity contribution >= 4 is 33.8 Å². The van der Waals surface area contributed by atoms with Gasteiger partial charge in [0.15, 0.2) is 5.78 Å². The van der Waals surface area contributed by atoms with E-state index in [9.17, 15) is 27.6 Å². The molecule has 10 nitrogen and oxygen atoms in total. The summed E-state index contributed by atoms with van der Waals surface area (Å²) in [4.78, 5) is 38.4. The van der Waals surface area contributed by atoms with Crippen molar-refractivity contribution in [3.8, 4) is 0 Å². The fraction of sp³-hybridized carbons (Fsp3) is 0.143. The van der Waals surface area contributed by atoms with Gasteiger partial charge in [-0.15, -0.1) is 0 Å². The van der Waals surface area contributed by atoms with Crippen LogP contribution in [0.5, 0.6) is 0 Å². The van der Waals surface area contributed by atoms with Crippen molar-refractivity contribution in [2.75, 3.05) is 0 Å². The molecule has 0 rings (SSSR count). The molecule has 0 heterocycles. The van der Waals surface area contributed by atoms with Gasteiger partial charge in [-0.3, -0.25) is 9.35 Å². The molecule has 0 aliphatic heterocycles. The SMILES string of the molecule is C=C(C)C(C)=O.C=CC(=O)O.C=CS(=O)(=O)O.O=C(O)/C=C\C(=O)O. The topological polar surface area (TPSA) is 183 Å². The molecule has 0 unspecified atom stereocenters. The molecule has 0 aliphatic carbocycles. The summed E-state index contributed by atoms with van der Waals surface area (Å²) in [5.41, 5.74) is 0.620. The number of carbonyl (C=O) groups is 4. The summed E-state index contributed by atoms with van der Waals surface area (Å²) in [6, 6.07) is 0. The Morgan fingerprint density at radius 1 is 0.840 bits per heavy atom. The molecule has 0 aromatic heterocycles. The van der Waals surface area contributed by atoms with Gasteiger partial charge in [-0.2, -0.15) is 8.42 Å². The highest BCUT2D eigenvalue weighted by atomic mass is 32.2. The van der Waals surface area contributed by atoms with Crippen molar-refractivity contribution in [3.63, 3.8) is 0 Å². The highest BCUT2D eigenvalue weighted by Crippen LogP contribution is 1.84. The predicted octanol–water partition coefficient (Wildman–Crippen LogP) is 1.14. The first-order chi connectivity index (χ1) is 11.1. The van der Waals surface area contributed by atoms with Gasteiger partial charge in [0, 0.05) is 18.2 Å². The van der Waals surface area contributed by atoms with Gasteiger partial charge >= 0.3 is 17.9 Å². The molecule has 0 aromatic rings. The van der Waals surface area contributed by atoms with Gasteiger partial charge in [-0.1, -0.05) is 19.7 Å². The monoisotopic (exact) mass is 380 g/mol. The number of carbonyl (C=O) groups excluding carboxylic acids is 1. The first-order valence-electron chi connectivity index (χ1n) is 5.86. The van der Waals surface area contributed by atoms with Crippen molar-refractivity contribution in [2.24, 2.45) is 0 Å². The summed E-state index contributed by atoms with van der Waals surface area (Å²) >= 11 is 0. The molecule has 0 bridgehead atoms. The largest absolute Gasteiger partial charge is 0.478 e. The molecule has 0 saturated heterocycles. The Morgan fingerprint density at radius 2 is 1.04 bits per heavy atom. The normalized spacial score (nSPS) is 8.76. The second kappa shape index (κ2) is 17.3. The summed E-state index contributed by atoms with van der Waals surface area (Å²) in [6.07, 6.45) is 1.95. The van der Waals surface area contributed by atoms with Crippen LogP contribution in [0.4, 0.5) is 0 Å². The van der Waals surface area contributed by atoms with E-state index in [0.717, 1.165) is 6.08 Å². The van der Waals surface area contributed by atoms with Crippen LogP contribution in [-0.2, 0) is 29.3 Å². The molecule has 0 atom stereocenters. The third-order valence-corrected chi connectivity index (χ3v) is 1.78. The van der Waals surface area contributed by atoms with Gasteiger partial charge in [0.1, 0.15) is 0 Å². The van der Waals surface area contributed by atoms with Crippen molar-refractivity contribution < 1.29 is 47.5 Å². The van der Waals surface area contributed by atoms with Crippen LogP contribution >= 0.6 is 0 Å². The van der Waals surface area contributed by atoms with E-state index < -0.39 is 28.0 Å². The van der Waals surface area contributed by atoms with E-state index in [1.165, 1.54) is 6.92 Å². The first kappa shape index (κ1) is 29.9. The lowest BCUT2D eigenvalue weighted by molar-refractivity contribution is -0.134. The van der Waals surface area contributed by atoms with Crippen LogP contribution in [0.25, 0.3) is 0 Å². The zero-order valence-corrected chi connectivity index (χ0v) is 14.4. The van der Waals surface area contributed by atoms with Crippen molar-refractivity contribution in [3.05, 3.63) is 48.9 Å². The van der Waals surface area contributed by atoms with Crippen LogP contribution in [0.1, 0.15) is 13.8 Å². The Balaban J connectivity index is -0.000000119. The Hall–Kier alpha value is -3.05. The van der Waals surface area contributed by atoms with Gasteiger partial charge in [0.25, 0.3) is 10.1 Å². The van der Waals surface area contributed by atoms with Crippen LogP contribution in [0.15, 0.2) is 48.9 Å². The number of Topliss-reactive ketones (excluding diaryl/α,β-unsaturated/α-hetero) is 1. The maximum Gasteiger partial charge on any atom is 0.328 e. The lowest BCUT2D eigenvalue weighted by Gasteiger charge is -1.80. The second-order valence-electron chi connectivity index (χ2n) is 3.57. The molecule has 0 amide bonds. The van der Waals surface area contributed by atoms with Crippen molar-refractivity contribution in [2.45, 2.75) is 13.8 Å². The van der Waals surface area contributed by atoms with E-state index >= 15 is 0 Å². The number of aliphatic carboxylic acids is 3. The molecule has 0 radical (unpaired) electrons. The molecular formula is C14H20O10S. The molecule has 25 heavy (non-hydrogen) atoms. The van der Waals surface area contributed by atoms with Gasteiger partial charge < -0.3 is 15.3 Å². The third kappa shape index (κ3) is 62.7. The van der Waals surface area contributed by atoms with Crippen LogP contribution in [0, 0.1) is 0 Å². The predicted molar refractivity (Wildman–Crippen MR) is 89.5 cm³/mol. The lowest BCUT2D eigenvalue weighted by Crippen LogP contribution is -1.91. The number of rotatable bonds is 5. The van der Waals surface area contributed by atoms with E-state index in [-0.39, 0.29) is 5.78 Å². The minimum Gasteiger partial charge on any atom is -0.478 e. The molecule has 142 valence electrons. The van der Waals surface area contributed by atoms with E-state index in [4.69, 9.17) is 19.9 Å². The maximum atomic E-state index is 10.0. The molecule has 0 spiro atoms. The fourth-order valence-electron chi connectivity index (χ4n) is 0.143. The zero-order chi connectivity index (χ0) is 21.2. The molecule has 0 saturated carbocycles. The number of carboxylic acids is 3. The minimum atomic E-state index is -3.90. The molecule has 0 aliphatic rings. The standard InChI is InChI=1S/C5H8O.C4H4O4.C3H4O2.C2H4O3S/c1-4(2)5(3)6;5-3(6)1-2-4(7)8;1-2-3(4)5;1-2-6(3,4)5/h1H2,2-3H3;1-2H,(H,5,6)(H,7,8);2H,1H2,(H,4,5);2H,1H2,(H,3,4,5)/b;2-1-;;. The van der Waals surface area contributed by atoms with Crippen LogP contribution in [0.2, 0.25) is 0 Å². The number of hydrogen-bond acceptors (Lipinski definition) is 6. The molecular weight excluding hydrogens is 360 g/mol. The van der Waals surface area contributed by atoms with Crippen LogP contribution in [-0.4, -0.2) is 52.0 Å². The molecule has 4 N–H and O–H groups in total. The smallest absolute Gasteiger partial charge is 0.328 e. The van der Waals surface area contributed by atoms with E-state index in [2.05, 4.69) is 19.7 Å². The van der Waals surface area contributed by atoms with Crippen LogP contribution < -0.4 is 0 Å². The second-order valence-corrected chi connectivity index (χ2v) is 4.93. The average Bonchev–Trinajstić information content (AvgIpc) is 2.46. The molecule has 11 heteroatoms. The number of carboxylic acid groups (broad SMARTS) is 3. The van der Waals surface area contributed by atoms with Crippen molar-refractivity contribution in [1.29, 1.82) is 0 Å². The molecule has 0 fully saturated rings. The van der Waals surface area contributed by atoms with E-state index in [0.29, 0.717) is 23.1 Å². The fourth-order valence-corrected chi connectivity index (χ4v) is 0.143. The van der Waals surface area contributed by atoms with Crippen molar-refractivity contribution in [1.82, 2.24) is 0 Å². The maximum absolute atomic E-state index is 10.0. The summed E-state index contributed by atoms with van der Waals surface area (Å²) in [5.74, 6) is -3.43. The lowest BCUT2D eigenvalue weighted by atomic mass is 10.3. The van der Waals surface area contributed by atoms with Gasteiger partial charge in [0.05, 0.1) is 5.41 Å². The van der Waals surface area contributed by atoms with Gasteiger partial charge in [-0.05, 0) is 19.4 Å². The van der Waals surface area contributed by atoms with E-state index in [1.54, 1.807) is 6.92 Å². The highest BCUT2D eigenvalue weighted by Gasteiger charge is 1.88. The zero-order valence-electron chi connectivity index (χ0n) is 13.6. The Morgan fingerprint density at radius 3 is 1.08 bits per heavy atom. The number of ketones is 1. The number of allylic oxidation sites excluding steroid dienone is 1. The van der Waals surface area contributed by atoms with Gasteiger partial charge in [-0.25, -0.2) is 14.4 Å².